The largest absolute Gasteiger partial charge is 0.358 e. The number of aliphatic imine (C=N–C) groups is 1. The van der Waals surface area contributed by atoms with Crippen LogP contribution in [0.1, 0.15) is 57.3 Å². The number of aryl methyl sites for hydroxylation is 1. The Kier molecular flexibility index (Phi) is 6.64. The number of rotatable bonds is 8. The molecule has 0 saturated heterocycles. The molecular formula is C22H26N6O3. The minimum absolute atomic E-state index is 0.157. The molecule has 0 atom stereocenters. The van der Waals surface area contributed by atoms with Gasteiger partial charge in [-0.3, -0.25) is 24.7 Å². The van der Waals surface area contributed by atoms with Crippen molar-refractivity contribution in [2.45, 2.75) is 39.7 Å². The molecule has 9 heteroatoms. The molecule has 2 aromatic rings. The number of H-pyrrole nitrogens is 1. The molecule has 0 aliphatic heterocycles. The Labute approximate surface area is 180 Å². The molecule has 1 aliphatic rings. The summed E-state index contributed by atoms with van der Waals surface area (Å²) in [6, 6.07) is 5.24. The van der Waals surface area contributed by atoms with Crippen molar-refractivity contribution >= 4 is 36.1 Å². The molecule has 1 aliphatic carbocycles. The van der Waals surface area contributed by atoms with E-state index in [-0.39, 0.29) is 23.7 Å². The second-order valence-electron chi connectivity index (χ2n) is 7.37. The van der Waals surface area contributed by atoms with E-state index in [0.717, 1.165) is 24.7 Å². The Hall–Kier alpha value is -3.75. The zero-order valence-corrected chi connectivity index (χ0v) is 17.8. The number of carbonyl (C=O) groups is 3. The fourth-order valence-corrected chi connectivity index (χ4v) is 3.26. The van der Waals surface area contributed by atoms with E-state index in [1.165, 1.54) is 4.90 Å². The number of aromatic amines is 1. The van der Waals surface area contributed by atoms with Gasteiger partial charge in [0.25, 0.3) is 11.8 Å². The summed E-state index contributed by atoms with van der Waals surface area (Å²) < 4.78 is 0. The minimum atomic E-state index is -0.254. The van der Waals surface area contributed by atoms with E-state index in [1.54, 1.807) is 31.3 Å². The van der Waals surface area contributed by atoms with E-state index >= 15 is 0 Å². The van der Waals surface area contributed by atoms with Gasteiger partial charge in [0.05, 0.1) is 16.9 Å². The van der Waals surface area contributed by atoms with Crippen LogP contribution in [-0.2, 0) is 4.79 Å². The zero-order valence-electron chi connectivity index (χ0n) is 17.8. The van der Waals surface area contributed by atoms with Crippen molar-refractivity contribution in [3.8, 4) is 0 Å². The second kappa shape index (κ2) is 9.38. The van der Waals surface area contributed by atoms with Gasteiger partial charge in [-0.25, -0.2) is 4.99 Å². The van der Waals surface area contributed by atoms with Crippen LogP contribution >= 0.6 is 0 Å². The number of anilines is 1. The van der Waals surface area contributed by atoms with E-state index in [9.17, 15) is 14.4 Å². The summed E-state index contributed by atoms with van der Waals surface area (Å²) in [5.74, 6) is -0.289. The van der Waals surface area contributed by atoms with E-state index in [2.05, 4.69) is 20.6 Å². The highest BCUT2D eigenvalue weighted by Crippen LogP contribution is 2.25. The van der Waals surface area contributed by atoms with Crippen LogP contribution in [0.3, 0.4) is 0 Å². The highest BCUT2D eigenvalue weighted by Gasteiger charge is 2.27. The van der Waals surface area contributed by atoms with Gasteiger partial charge in [-0.05, 0) is 56.9 Å². The Morgan fingerprint density at radius 2 is 2.03 bits per heavy atom. The van der Waals surface area contributed by atoms with Gasteiger partial charge in [-0.2, -0.15) is 0 Å². The van der Waals surface area contributed by atoms with Crippen molar-refractivity contribution in [3.63, 3.8) is 0 Å². The van der Waals surface area contributed by atoms with Crippen LogP contribution in [0.25, 0.3) is 0 Å². The summed E-state index contributed by atoms with van der Waals surface area (Å²) in [7, 11) is 0. The second-order valence-corrected chi connectivity index (χ2v) is 7.37. The number of nitrogens with zero attached hydrogens (tertiary/aromatic N) is 2. The summed E-state index contributed by atoms with van der Waals surface area (Å²) in [6.45, 7) is 5.87. The first kappa shape index (κ1) is 21.9. The lowest BCUT2D eigenvalue weighted by Gasteiger charge is -2.22. The van der Waals surface area contributed by atoms with Gasteiger partial charge in [-0.1, -0.05) is 6.07 Å². The lowest BCUT2D eigenvalue weighted by molar-refractivity contribution is -0.106. The Balaban J connectivity index is 2.02. The van der Waals surface area contributed by atoms with Crippen molar-refractivity contribution < 1.29 is 14.4 Å². The third-order valence-corrected chi connectivity index (χ3v) is 5.11. The number of amides is 3. The van der Waals surface area contributed by atoms with Crippen LogP contribution in [0.2, 0.25) is 0 Å². The third kappa shape index (κ3) is 4.71. The number of amidine groups is 1. The number of aromatic nitrogens is 1. The number of carbonyl (C=O) groups excluding carboxylic acids is 3. The van der Waals surface area contributed by atoms with Crippen molar-refractivity contribution in [1.82, 2.24) is 15.6 Å². The van der Waals surface area contributed by atoms with Gasteiger partial charge in [0.15, 0.2) is 5.84 Å². The maximum Gasteiger partial charge on any atom is 0.253 e. The van der Waals surface area contributed by atoms with E-state index in [4.69, 9.17) is 5.41 Å². The molecule has 1 fully saturated rings. The first-order valence-electron chi connectivity index (χ1n) is 10.1. The first-order valence-corrected chi connectivity index (χ1v) is 10.1. The molecule has 1 heterocycles. The number of hydrogen-bond acceptors (Lipinski definition) is 4. The standard InChI is InChI=1S/C22H26N6O3/c1-4-24-21(30)15-6-5-13(2)18(9-15)28(12-29)20(26-11-23)19-14(3)17(10-25-19)22(31)27-16-7-8-16/h5-6,9-12,16,23,25H,4,7-8H2,1-3H3,(H,24,30)(H,27,31)/b23-11?,26-20+. The molecule has 4 N–H and O–H groups in total. The molecule has 1 aromatic carbocycles. The van der Waals surface area contributed by atoms with E-state index in [0.29, 0.717) is 41.0 Å². The van der Waals surface area contributed by atoms with Crippen LogP contribution in [0.15, 0.2) is 29.4 Å². The average Bonchev–Trinajstić information content (AvgIpc) is 3.48. The fraction of sp³-hybridized carbons (Fsp3) is 0.318. The molecule has 0 bridgehead atoms. The van der Waals surface area contributed by atoms with Crippen LogP contribution in [0.4, 0.5) is 5.69 Å². The highest BCUT2D eigenvalue weighted by molar-refractivity contribution is 6.21. The Bertz CT molecular complexity index is 1050. The van der Waals surface area contributed by atoms with Gasteiger partial charge >= 0.3 is 0 Å². The molecular weight excluding hydrogens is 396 g/mol. The summed E-state index contributed by atoms with van der Waals surface area (Å²) in [5, 5.41) is 13.2. The van der Waals surface area contributed by atoms with Gasteiger partial charge in [0.2, 0.25) is 6.41 Å². The summed E-state index contributed by atoms with van der Waals surface area (Å²) in [4.78, 5) is 45.3. The summed E-state index contributed by atoms with van der Waals surface area (Å²) in [5.41, 5.74) is 3.11. The van der Waals surface area contributed by atoms with Crippen LogP contribution in [0, 0.1) is 19.3 Å². The predicted molar refractivity (Wildman–Crippen MR) is 119 cm³/mol. The maximum atomic E-state index is 12.5. The molecule has 1 saturated carbocycles. The number of hydrogen-bond donors (Lipinski definition) is 4. The normalized spacial score (nSPS) is 13.5. The lowest BCUT2D eigenvalue weighted by atomic mass is 10.1. The molecule has 0 radical (unpaired) electrons. The summed E-state index contributed by atoms with van der Waals surface area (Å²) >= 11 is 0. The van der Waals surface area contributed by atoms with Gasteiger partial charge in [0, 0.05) is 24.3 Å². The van der Waals surface area contributed by atoms with Gasteiger partial charge in [0.1, 0.15) is 6.34 Å². The van der Waals surface area contributed by atoms with E-state index < -0.39 is 0 Å². The van der Waals surface area contributed by atoms with E-state index in [1.807, 2.05) is 13.8 Å². The fourth-order valence-electron chi connectivity index (χ4n) is 3.26. The first-order chi connectivity index (χ1) is 14.9. The molecule has 3 amide bonds. The topological polar surface area (TPSA) is 131 Å². The van der Waals surface area contributed by atoms with Crippen LogP contribution < -0.4 is 15.5 Å². The SMILES string of the molecule is CCNC(=O)c1ccc(C)c(N(C=O)/C(=N/C=N)c2[nH]cc(C(=O)NC3CC3)c2C)c1. The van der Waals surface area contributed by atoms with Crippen molar-refractivity contribution in [2.75, 3.05) is 11.4 Å². The Morgan fingerprint density at radius 1 is 1.29 bits per heavy atom. The maximum absolute atomic E-state index is 12.5. The quantitative estimate of drug-likeness (QED) is 0.296. The number of benzene rings is 1. The smallest absolute Gasteiger partial charge is 0.253 e. The van der Waals surface area contributed by atoms with Gasteiger partial charge in [-0.15, -0.1) is 0 Å². The molecule has 1 aromatic heterocycles. The minimum Gasteiger partial charge on any atom is -0.358 e. The summed E-state index contributed by atoms with van der Waals surface area (Å²) in [6.07, 6.45) is 4.93. The highest BCUT2D eigenvalue weighted by atomic mass is 16.2. The van der Waals surface area contributed by atoms with Crippen molar-refractivity contribution in [1.29, 1.82) is 5.41 Å². The van der Waals surface area contributed by atoms with Gasteiger partial charge < -0.3 is 15.6 Å². The van der Waals surface area contributed by atoms with Crippen molar-refractivity contribution in [2.24, 2.45) is 4.99 Å². The third-order valence-electron chi connectivity index (χ3n) is 5.11. The van der Waals surface area contributed by atoms with Crippen LogP contribution in [0.5, 0.6) is 0 Å². The lowest BCUT2D eigenvalue weighted by Crippen LogP contribution is -2.33. The predicted octanol–water partition coefficient (Wildman–Crippen LogP) is 2.29. The molecule has 0 spiro atoms. The zero-order chi connectivity index (χ0) is 22.5. The molecule has 162 valence electrons. The molecule has 0 unspecified atom stereocenters. The molecule has 3 rings (SSSR count). The van der Waals surface area contributed by atoms with Crippen LogP contribution in [-0.4, -0.2) is 48.0 Å². The Morgan fingerprint density at radius 3 is 2.65 bits per heavy atom. The molecule has 31 heavy (non-hydrogen) atoms. The average molecular weight is 422 g/mol. The molecule has 9 nitrogen and oxygen atoms in total. The van der Waals surface area contributed by atoms with Crippen molar-refractivity contribution in [3.05, 3.63) is 52.3 Å². The number of nitrogens with one attached hydrogen (secondary N) is 4. The monoisotopic (exact) mass is 422 g/mol.